The summed E-state index contributed by atoms with van der Waals surface area (Å²) in [6.07, 6.45) is 2.91. The molecule has 0 bridgehead atoms. The lowest BCUT2D eigenvalue weighted by molar-refractivity contribution is 0.629. The van der Waals surface area contributed by atoms with Crippen LogP contribution < -0.4 is 10.9 Å². The smallest absolute Gasteiger partial charge is 0.266 e. The summed E-state index contributed by atoms with van der Waals surface area (Å²) in [5.41, 5.74) is 1.31. The van der Waals surface area contributed by atoms with Gasteiger partial charge in [-0.25, -0.2) is 24.3 Å². The minimum atomic E-state index is -0.541. The average molecular weight is 470 g/mol. The van der Waals surface area contributed by atoms with Crippen LogP contribution >= 0.6 is 23.2 Å². The Morgan fingerprint density at radius 1 is 1.16 bits per heavy atom. The number of halogens is 3. The Hall–Kier alpha value is -3.56. The third kappa shape index (κ3) is 3.35. The summed E-state index contributed by atoms with van der Waals surface area (Å²) in [5.74, 6) is 0.252. The number of rotatable bonds is 4. The number of aromatic amines is 1. The van der Waals surface area contributed by atoms with E-state index in [9.17, 15) is 9.18 Å². The van der Waals surface area contributed by atoms with E-state index >= 15 is 0 Å². The predicted octanol–water partition coefficient (Wildman–Crippen LogP) is 4.67. The zero-order chi connectivity index (χ0) is 22.4. The van der Waals surface area contributed by atoms with Crippen molar-refractivity contribution in [3.05, 3.63) is 81.1 Å². The molecule has 0 fully saturated rings. The maximum absolute atomic E-state index is 13.9. The number of anilines is 1. The summed E-state index contributed by atoms with van der Waals surface area (Å²) in [6.45, 7) is 1.81. The molecular weight excluding hydrogens is 456 g/mol. The van der Waals surface area contributed by atoms with Gasteiger partial charge in [-0.2, -0.15) is 0 Å². The molecule has 0 unspecified atom stereocenters. The van der Waals surface area contributed by atoms with Gasteiger partial charge in [0.25, 0.3) is 5.56 Å². The van der Waals surface area contributed by atoms with Gasteiger partial charge in [-0.15, -0.1) is 0 Å². The Morgan fingerprint density at radius 3 is 2.84 bits per heavy atom. The lowest BCUT2D eigenvalue weighted by Crippen LogP contribution is -2.27. The van der Waals surface area contributed by atoms with Gasteiger partial charge >= 0.3 is 0 Å². The van der Waals surface area contributed by atoms with Crippen LogP contribution in [0.15, 0.2) is 53.8 Å². The number of H-pyrrole nitrogens is 1. The summed E-state index contributed by atoms with van der Waals surface area (Å²) >= 11 is 12.6. The summed E-state index contributed by atoms with van der Waals surface area (Å²) < 4.78 is 15.2. The standard InChI is InChI=1S/C21H14Cl2FN7O/c1-10(29-19-17-18(26-8-25-17)27-9-28-19)20-30-14-6-5-11(24)7-12(14)21(32)31(20)15-4-2-3-13(22)16(15)23/h2-10H,1H3,(H2,25,26,27,28,29)/t10-/m0/s1. The number of hydrogen-bond donors (Lipinski definition) is 2. The van der Waals surface area contributed by atoms with E-state index < -0.39 is 17.4 Å². The zero-order valence-electron chi connectivity index (χ0n) is 16.5. The Balaban J connectivity index is 1.74. The van der Waals surface area contributed by atoms with Crippen LogP contribution in [0.4, 0.5) is 10.2 Å². The molecule has 0 amide bonds. The second-order valence-electron chi connectivity index (χ2n) is 7.03. The molecule has 11 heteroatoms. The molecule has 0 aliphatic rings. The Kier molecular flexibility index (Phi) is 4.99. The van der Waals surface area contributed by atoms with Gasteiger partial charge in [-0.1, -0.05) is 29.3 Å². The lowest BCUT2D eigenvalue weighted by Gasteiger charge is -2.21. The maximum atomic E-state index is 13.9. The van der Waals surface area contributed by atoms with E-state index in [4.69, 9.17) is 23.2 Å². The van der Waals surface area contributed by atoms with E-state index in [-0.39, 0.29) is 15.4 Å². The first-order valence-corrected chi connectivity index (χ1v) is 10.3. The first kappa shape index (κ1) is 20.3. The van der Waals surface area contributed by atoms with Gasteiger partial charge < -0.3 is 10.3 Å². The molecule has 5 aromatic rings. The molecule has 0 aliphatic heterocycles. The molecule has 0 radical (unpaired) electrons. The van der Waals surface area contributed by atoms with Crippen LogP contribution in [0.25, 0.3) is 27.8 Å². The molecule has 3 heterocycles. The van der Waals surface area contributed by atoms with Gasteiger partial charge in [0.05, 0.1) is 39.0 Å². The van der Waals surface area contributed by atoms with E-state index in [1.165, 1.54) is 29.4 Å². The van der Waals surface area contributed by atoms with Crippen LogP contribution in [0, 0.1) is 5.82 Å². The van der Waals surface area contributed by atoms with Crippen LogP contribution in [-0.4, -0.2) is 29.5 Å². The predicted molar refractivity (Wildman–Crippen MR) is 121 cm³/mol. The highest BCUT2D eigenvalue weighted by atomic mass is 35.5. The summed E-state index contributed by atoms with van der Waals surface area (Å²) in [6, 6.07) is 8.28. The quantitative estimate of drug-likeness (QED) is 0.396. The maximum Gasteiger partial charge on any atom is 0.266 e. The van der Waals surface area contributed by atoms with Gasteiger partial charge in [0.1, 0.15) is 23.5 Å². The molecule has 0 saturated heterocycles. The SMILES string of the molecule is C[C@H](Nc1ncnc2[nH]cnc12)c1nc2ccc(F)cc2c(=O)n1-c1cccc(Cl)c1Cl. The number of imidazole rings is 1. The molecular formula is C21H14Cl2FN7O. The van der Waals surface area contributed by atoms with Crippen molar-refractivity contribution in [1.82, 2.24) is 29.5 Å². The lowest BCUT2D eigenvalue weighted by atomic mass is 10.2. The topological polar surface area (TPSA) is 101 Å². The van der Waals surface area contributed by atoms with Gasteiger partial charge in [0, 0.05) is 0 Å². The average Bonchev–Trinajstić information content (AvgIpc) is 3.26. The van der Waals surface area contributed by atoms with Crippen LogP contribution in [0.2, 0.25) is 10.0 Å². The number of hydrogen-bond acceptors (Lipinski definition) is 6. The highest BCUT2D eigenvalue weighted by molar-refractivity contribution is 6.43. The fraction of sp³-hybridized carbons (Fsp3) is 0.0952. The van der Waals surface area contributed by atoms with Crippen LogP contribution in [0.5, 0.6) is 0 Å². The van der Waals surface area contributed by atoms with E-state index in [2.05, 4.69) is 30.2 Å². The zero-order valence-corrected chi connectivity index (χ0v) is 18.0. The molecule has 8 nitrogen and oxygen atoms in total. The molecule has 2 N–H and O–H groups in total. The number of nitrogens with zero attached hydrogens (tertiary/aromatic N) is 5. The number of benzene rings is 2. The van der Waals surface area contributed by atoms with Crippen molar-refractivity contribution in [3.8, 4) is 5.69 Å². The van der Waals surface area contributed by atoms with Crippen LogP contribution in [-0.2, 0) is 0 Å². The Morgan fingerprint density at radius 2 is 2.00 bits per heavy atom. The molecule has 2 aromatic carbocycles. The number of nitrogens with one attached hydrogen (secondary N) is 2. The highest BCUT2D eigenvalue weighted by Gasteiger charge is 2.22. The first-order valence-electron chi connectivity index (χ1n) is 9.51. The molecule has 1 atom stereocenters. The Bertz CT molecular complexity index is 1550. The first-order chi connectivity index (χ1) is 15.4. The van der Waals surface area contributed by atoms with E-state index in [0.717, 1.165) is 6.07 Å². The van der Waals surface area contributed by atoms with Crippen molar-refractivity contribution in [1.29, 1.82) is 0 Å². The summed E-state index contributed by atoms with van der Waals surface area (Å²) in [5, 5.41) is 3.80. The van der Waals surface area contributed by atoms with Crippen molar-refractivity contribution >= 4 is 51.1 Å². The third-order valence-electron chi connectivity index (χ3n) is 4.99. The second kappa shape index (κ2) is 7.85. The number of aromatic nitrogens is 6. The van der Waals surface area contributed by atoms with Gasteiger partial charge in [-0.3, -0.25) is 9.36 Å². The summed E-state index contributed by atoms with van der Waals surface area (Å²) in [7, 11) is 0. The number of fused-ring (bicyclic) bond motifs is 2. The molecule has 3 aromatic heterocycles. The van der Waals surface area contributed by atoms with Crippen LogP contribution in [0.1, 0.15) is 18.8 Å². The van der Waals surface area contributed by atoms with Crippen molar-refractivity contribution in [2.24, 2.45) is 0 Å². The van der Waals surface area contributed by atoms with E-state index in [0.29, 0.717) is 34.0 Å². The van der Waals surface area contributed by atoms with Crippen molar-refractivity contribution < 1.29 is 4.39 Å². The van der Waals surface area contributed by atoms with Crippen molar-refractivity contribution in [2.45, 2.75) is 13.0 Å². The van der Waals surface area contributed by atoms with Gasteiger partial charge in [-0.05, 0) is 37.3 Å². The molecule has 0 saturated carbocycles. The Labute approximate surface area is 190 Å². The minimum absolute atomic E-state index is 0.119. The normalized spacial score (nSPS) is 12.4. The fourth-order valence-corrected chi connectivity index (χ4v) is 3.88. The van der Waals surface area contributed by atoms with E-state index in [1.807, 2.05) is 6.92 Å². The third-order valence-corrected chi connectivity index (χ3v) is 5.79. The van der Waals surface area contributed by atoms with Crippen LogP contribution in [0.3, 0.4) is 0 Å². The van der Waals surface area contributed by atoms with Gasteiger partial charge in [0.15, 0.2) is 11.5 Å². The molecule has 0 spiro atoms. The van der Waals surface area contributed by atoms with Crippen molar-refractivity contribution in [2.75, 3.05) is 5.32 Å². The minimum Gasteiger partial charge on any atom is -0.358 e. The van der Waals surface area contributed by atoms with Gasteiger partial charge in [0.2, 0.25) is 0 Å². The summed E-state index contributed by atoms with van der Waals surface area (Å²) in [4.78, 5) is 33.7. The molecule has 0 aliphatic carbocycles. The molecule has 5 rings (SSSR count). The van der Waals surface area contributed by atoms with Crippen molar-refractivity contribution in [3.63, 3.8) is 0 Å². The monoisotopic (exact) mass is 469 g/mol. The molecule has 32 heavy (non-hydrogen) atoms. The second-order valence-corrected chi connectivity index (χ2v) is 7.82. The fourth-order valence-electron chi connectivity index (χ4n) is 3.50. The van der Waals surface area contributed by atoms with E-state index in [1.54, 1.807) is 18.2 Å². The molecule has 160 valence electrons. The highest BCUT2D eigenvalue weighted by Crippen LogP contribution is 2.30. The largest absolute Gasteiger partial charge is 0.358 e.